The minimum absolute atomic E-state index is 0.180. The van der Waals surface area contributed by atoms with Crippen LogP contribution in [0, 0.1) is 0 Å². The Hall–Kier alpha value is -0.810. The first-order chi connectivity index (χ1) is 8.72. The van der Waals surface area contributed by atoms with Crippen LogP contribution in [-0.2, 0) is 0 Å². The molecule has 0 aromatic rings. The second kappa shape index (κ2) is 6.38. The zero-order chi connectivity index (χ0) is 13.0. The minimum Gasteiger partial charge on any atom is -0.328 e. The lowest BCUT2D eigenvalue weighted by Gasteiger charge is -2.41. The van der Waals surface area contributed by atoms with Gasteiger partial charge in [0.05, 0.1) is 6.04 Å². The van der Waals surface area contributed by atoms with Gasteiger partial charge in [0.2, 0.25) is 0 Å². The quantitative estimate of drug-likeness (QED) is 0.744. The number of nitrogens with zero attached hydrogens (tertiary/aromatic N) is 3. The third-order valence-corrected chi connectivity index (χ3v) is 4.08. The maximum atomic E-state index is 12.6. The molecule has 2 aliphatic rings. The molecule has 0 bridgehead atoms. The van der Waals surface area contributed by atoms with Gasteiger partial charge in [-0.25, -0.2) is 4.79 Å². The van der Waals surface area contributed by atoms with Gasteiger partial charge in [-0.1, -0.05) is 12.8 Å². The van der Waals surface area contributed by atoms with E-state index in [2.05, 4.69) is 11.9 Å². The fourth-order valence-electron chi connectivity index (χ4n) is 2.91. The van der Waals surface area contributed by atoms with Gasteiger partial charge in [0.25, 0.3) is 0 Å². The summed E-state index contributed by atoms with van der Waals surface area (Å²) in [5.74, 6) is 0. The summed E-state index contributed by atoms with van der Waals surface area (Å²) in [4.78, 5) is 18.8. The highest BCUT2D eigenvalue weighted by Crippen LogP contribution is 2.15. The largest absolute Gasteiger partial charge is 0.328 e. The molecule has 0 aromatic carbocycles. The lowest BCUT2D eigenvalue weighted by Crippen LogP contribution is -2.59. The Morgan fingerprint density at radius 1 is 1.11 bits per heavy atom. The van der Waals surface area contributed by atoms with Gasteiger partial charge in [-0.3, -0.25) is 0 Å². The number of hydrogen-bond acceptors (Lipinski definition) is 3. The zero-order valence-electron chi connectivity index (χ0n) is 11.5. The molecular formula is C13H26N4O. The second-order valence-corrected chi connectivity index (χ2v) is 5.53. The number of hydrogen-bond donors (Lipinski definition) is 1. The highest BCUT2D eigenvalue weighted by atomic mass is 16.2. The summed E-state index contributed by atoms with van der Waals surface area (Å²) in [5.41, 5.74) is 5.81. The Bertz CT molecular complexity index is 276. The van der Waals surface area contributed by atoms with E-state index in [1.807, 2.05) is 9.80 Å². The molecule has 5 heteroatoms. The molecule has 18 heavy (non-hydrogen) atoms. The van der Waals surface area contributed by atoms with Gasteiger partial charge < -0.3 is 20.4 Å². The molecule has 2 amide bonds. The highest BCUT2D eigenvalue weighted by molar-refractivity contribution is 5.75. The topological polar surface area (TPSA) is 52.8 Å². The van der Waals surface area contributed by atoms with Crippen LogP contribution < -0.4 is 5.73 Å². The number of urea groups is 1. The van der Waals surface area contributed by atoms with Crippen molar-refractivity contribution in [2.45, 2.75) is 31.7 Å². The molecule has 0 aliphatic carbocycles. The normalized spacial score (nSPS) is 27.1. The van der Waals surface area contributed by atoms with E-state index in [0.29, 0.717) is 6.54 Å². The van der Waals surface area contributed by atoms with Crippen molar-refractivity contribution < 1.29 is 4.79 Å². The highest BCUT2D eigenvalue weighted by Gasteiger charge is 2.31. The molecule has 0 spiro atoms. The van der Waals surface area contributed by atoms with Crippen LogP contribution in [0.4, 0.5) is 4.79 Å². The third-order valence-electron chi connectivity index (χ3n) is 4.08. The molecule has 5 nitrogen and oxygen atoms in total. The number of likely N-dealkylation sites (N-methyl/N-ethyl adjacent to an activating group) is 1. The van der Waals surface area contributed by atoms with Crippen LogP contribution in [-0.4, -0.2) is 73.1 Å². The van der Waals surface area contributed by atoms with Crippen molar-refractivity contribution >= 4 is 6.03 Å². The average Bonchev–Trinajstić information content (AvgIpc) is 2.66. The molecule has 2 rings (SSSR count). The van der Waals surface area contributed by atoms with E-state index in [1.54, 1.807) is 0 Å². The first-order valence-corrected chi connectivity index (χ1v) is 7.16. The molecule has 0 aromatic heterocycles. The van der Waals surface area contributed by atoms with Gasteiger partial charge >= 0.3 is 6.03 Å². The van der Waals surface area contributed by atoms with Crippen molar-refractivity contribution in [1.29, 1.82) is 0 Å². The number of piperazine rings is 1. The predicted molar refractivity (Wildman–Crippen MR) is 72.5 cm³/mol. The zero-order valence-corrected chi connectivity index (χ0v) is 11.5. The van der Waals surface area contributed by atoms with E-state index in [0.717, 1.165) is 45.6 Å². The van der Waals surface area contributed by atoms with Crippen molar-refractivity contribution in [3.8, 4) is 0 Å². The summed E-state index contributed by atoms with van der Waals surface area (Å²) in [6.07, 6.45) is 4.80. The van der Waals surface area contributed by atoms with E-state index in [4.69, 9.17) is 5.73 Å². The van der Waals surface area contributed by atoms with Crippen molar-refractivity contribution in [2.24, 2.45) is 5.73 Å². The van der Waals surface area contributed by atoms with E-state index in [1.165, 1.54) is 12.8 Å². The van der Waals surface area contributed by atoms with Crippen molar-refractivity contribution in [3.05, 3.63) is 0 Å². The second-order valence-electron chi connectivity index (χ2n) is 5.53. The van der Waals surface area contributed by atoms with Crippen molar-refractivity contribution in [3.63, 3.8) is 0 Å². The number of amides is 2. The van der Waals surface area contributed by atoms with Crippen LogP contribution in [0.1, 0.15) is 25.7 Å². The SMILES string of the molecule is CN1CCN(C(=O)N2CCCCCC2)C(CN)C1. The molecule has 0 saturated carbocycles. The first kappa shape index (κ1) is 13.6. The maximum absolute atomic E-state index is 12.6. The van der Waals surface area contributed by atoms with Gasteiger partial charge in [0.1, 0.15) is 0 Å². The monoisotopic (exact) mass is 254 g/mol. The Morgan fingerprint density at radius 2 is 1.78 bits per heavy atom. The molecular weight excluding hydrogens is 228 g/mol. The van der Waals surface area contributed by atoms with Crippen LogP contribution in [0.2, 0.25) is 0 Å². The summed E-state index contributed by atoms with van der Waals surface area (Å²) in [6, 6.07) is 0.389. The summed E-state index contributed by atoms with van der Waals surface area (Å²) in [7, 11) is 2.09. The van der Waals surface area contributed by atoms with Crippen LogP contribution in [0.15, 0.2) is 0 Å². The Balaban J connectivity index is 1.97. The third kappa shape index (κ3) is 3.14. The lowest BCUT2D eigenvalue weighted by atomic mass is 10.2. The van der Waals surface area contributed by atoms with Crippen LogP contribution in [0.3, 0.4) is 0 Å². The molecule has 2 N–H and O–H groups in total. The van der Waals surface area contributed by atoms with E-state index >= 15 is 0 Å². The molecule has 2 fully saturated rings. The van der Waals surface area contributed by atoms with Gasteiger partial charge in [0.15, 0.2) is 0 Å². The van der Waals surface area contributed by atoms with Crippen molar-refractivity contribution in [2.75, 3.05) is 46.3 Å². The number of nitrogens with two attached hydrogens (primary N) is 1. The predicted octanol–water partition coefficient (Wildman–Crippen LogP) is 0.557. The number of likely N-dealkylation sites (tertiary alicyclic amines) is 1. The summed E-state index contributed by atoms with van der Waals surface area (Å²) in [5, 5.41) is 0. The van der Waals surface area contributed by atoms with Gasteiger partial charge in [-0.15, -0.1) is 0 Å². The van der Waals surface area contributed by atoms with Crippen molar-refractivity contribution in [1.82, 2.24) is 14.7 Å². The lowest BCUT2D eigenvalue weighted by molar-refractivity contribution is 0.0886. The molecule has 2 saturated heterocycles. The number of carbonyl (C=O) groups excluding carboxylic acids is 1. The minimum atomic E-state index is 0.180. The molecule has 104 valence electrons. The summed E-state index contributed by atoms with van der Waals surface area (Å²) >= 11 is 0. The fraction of sp³-hybridized carbons (Fsp3) is 0.923. The van der Waals surface area contributed by atoms with Gasteiger partial charge in [-0.05, 0) is 19.9 Å². The number of rotatable bonds is 1. The Kier molecular flexibility index (Phi) is 4.83. The standard InChI is InChI=1S/C13H26N4O/c1-15-8-9-17(12(10-14)11-15)13(18)16-6-4-2-3-5-7-16/h12H,2-11,14H2,1H3. The molecule has 2 aliphatic heterocycles. The Labute approximate surface area is 110 Å². The molecule has 1 atom stereocenters. The molecule has 1 unspecified atom stereocenters. The van der Waals surface area contributed by atoms with Gasteiger partial charge in [-0.2, -0.15) is 0 Å². The van der Waals surface area contributed by atoms with Crippen LogP contribution in [0.5, 0.6) is 0 Å². The number of carbonyl (C=O) groups is 1. The maximum Gasteiger partial charge on any atom is 0.320 e. The first-order valence-electron chi connectivity index (χ1n) is 7.16. The summed E-state index contributed by atoms with van der Waals surface area (Å²) in [6.45, 7) is 5.06. The van der Waals surface area contributed by atoms with Crippen LogP contribution in [0.25, 0.3) is 0 Å². The molecule has 0 radical (unpaired) electrons. The van der Waals surface area contributed by atoms with Crippen LogP contribution >= 0.6 is 0 Å². The van der Waals surface area contributed by atoms with E-state index in [-0.39, 0.29) is 12.1 Å². The Morgan fingerprint density at radius 3 is 2.39 bits per heavy atom. The summed E-state index contributed by atoms with van der Waals surface area (Å²) < 4.78 is 0. The fourth-order valence-corrected chi connectivity index (χ4v) is 2.91. The smallest absolute Gasteiger partial charge is 0.320 e. The average molecular weight is 254 g/mol. The van der Waals surface area contributed by atoms with E-state index in [9.17, 15) is 4.79 Å². The van der Waals surface area contributed by atoms with E-state index < -0.39 is 0 Å². The molecule has 2 heterocycles. The van der Waals surface area contributed by atoms with Gasteiger partial charge in [0, 0.05) is 39.3 Å².